The molecule has 2 aromatic carbocycles. The summed E-state index contributed by atoms with van der Waals surface area (Å²) in [6, 6.07) is 14.9. The Labute approximate surface area is 235 Å². The van der Waals surface area contributed by atoms with Crippen LogP contribution in [-0.2, 0) is 25.7 Å². The van der Waals surface area contributed by atoms with E-state index in [1.165, 1.54) is 6.92 Å². The third-order valence-electron chi connectivity index (χ3n) is 6.55. The van der Waals surface area contributed by atoms with Gasteiger partial charge in [0.05, 0.1) is 24.0 Å². The molecule has 1 aliphatic rings. The van der Waals surface area contributed by atoms with E-state index in [9.17, 15) is 29.1 Å². The standard InChI is InChI=1S/C27H31N7O7/c1-17-24(38)34(26(39)29-17,13-7-12-28-25-30-19-10-5-6-11-20(19)31-25)15-22(35)32-21(14-23(36)37)33-27(40)41-16-18-8-3-2-4-9-18/h2-6,8-11,17,21H,7,12-16H2,1H3,(H5-,28,29,30,31,32,33,35,36,37,39,40)/p+1. The van der Waals surface area contributed by atoms with E-state index in [2.05, 4.69) is 31.2 Å². The third-order valence-corrected chi connectivity index (χ3v) is 6.55. The van der Waals surface area contributed by atoms with Gasteiger partial charge < -0.3 is 30.8 Å². The molecule has 3 atom stereocenters. The number of ether oxygens (including phenoxy) is 1. The van der Waals surface area contributed by atoms with E-state index < -0.39 is 59.6 Å². The molecule has 1 aliphatic heterocycles. The number of benzene rings is 2. The Hall–Kier alpha value is -4.98. The van der Waals surface area contributed by atoms with E-state index in [1.807, 2.05) is 24.3 Å². The molecule has 0 saturated carbocycles. The SMILES string of the molecule is CC1NC(=O)[N+](CCCNc2nc3ccccc3[nH]2)(CC(=O)NC(CC(=O)O)NC(=O)OCc2ccccc2)C1=O. The van der Waals surface area contributed by atoms with Crippen LogP contribution in [0.3, 0.4) is 0 Å². The molecule has 0 spiro atoms. The second-order valence-corrected chi connectivity index (χ2v) is 9.67. The van der Waals surface area contributed by atoms with Crippen molar-refractivity contribution in [1.29, 1.82) is 0 Å². The van der Waals surface area contributed by atoms with Crippen LogP contribution < -0.4 is 21.3 Å². The lowest BCUT2D eigenvalue weighted by Crippen LogP contribution is -2.61. The third kappa shape index (κ3) is 7.36. The second-order valence-electron chi connectivity index (χ2n) is 9.67. The zero-order valence-corrected chi connectivity index (χ0v) is 22.4. The van der Waals surface area contributed by atoms with Crippen LogP contribution in [0.25, 0.3) is 11.0 Å². The molecule has 0 aliphatic carbocycles. The Bertz CT molecular complexity index is 1390. The van der Waals surface area contributed by atoms with Crippen LogP contribution >= 0.6 is 0 Å². The number of nitrogens with zero attached hydrogens (tertiary/aromatic N) is 2. The van der Waals surface area contributed by atoms with Crippen molar-refractivity contribution in [2.24, 2.45) is 0 Å². The van der Waals surface area contributed by atoms with Crippen LogP contribution in [0.2, 0.25) is 0 Å². The molecule has 6 N–H and O–H groups in total. The number of fused-ring (bicyclic) bond motifs is 1. The number of carboxylic acids is 1. The van der Waals surface area contributed by atoms with Crippen molar-refractivity contribution in [1.82, 2.24) is 25.9 Å². The topological polar surface area (TPSA) is 192 Å². The normalized spacial score (nSPS) is 18.9. The summed E-state index contributed by atoms with van der Waals surface area (Å²) in [6.45, 7) is 1.26. The van der Waals surface area contributed by atoms with Gasteiger partial charge in [-0.3, -0.25) is 14.9 Å². The van der Waals surface area contributed by atoms with Crippen molar-refractivity contribution in [2.75, 3.05) is 25.0 Å². The van der Waals surface area contributed by atoms with Crippen molar-refractivity contribution in [3.05, 3.63) is 60.2 Å². The highest BCUT2D eigenvalue weighted by Gasteiger charge is 2.55. The van der Waals surface area contributed by atoms with Gasteiger partial charge in [-0.15, -0.1) is 0 Å². The fourth-order valence-corrected chi connectivity index (χ4v) is 4.58. The van der Waals surface area contributed by atoms with E-state index in [0.29, 0.717) is 18.9 Å². The van der Waals surface area contributed by atoms with Gasteiger partial charge in [0.25, 0.3) is 5.91 Å². The number of aliphatic carboxylic acids is 1. The van der Waals surface area contributed by atoms with E-state index in [-0.39, 0.29) is 13.2 Å². The number of imide groups is 1. The molecule has 3 unspecified atom stereocenters. The number of aromatic amines is 1. The largest absolute Gasteiger partial charge is 0.481 e. The lowest BCUT2D eigenvalue weighted by molar-refractivity contribution is -0.759. The minimum absolute atomic E-state index is 0.00575. The number of hydrogen-bond acceptors (Lipinski definition) is 8. The summed E-state index contributed by atoms with van der Waals surface area (Å²) in [5.74, 6) is -2.04. The molecule has 1 aromatic heterocycles. The average molecular weight is 567 g/mol. The Balaban J connectivity index is 1.36. The molecule has 2 heterocycles. The van der Waals surface area contributed by atoms with Gasteiger partial charge in [-0.25, -0.2) is 19.4 Å². The maximum atomic E-state index is 13.1. The quantitative estimate of drug-likeness (QED) is 0.0773. The number of aromatic nitrogens is 2. The summed E-state index contributed by atoms with van der Waals surface area (Å²) in [4.78, 5) is 70.3. The highest BCUT2D eigenvalue weighted by Crippen LogP contribution is 2.20. The summed E-state index contributed by atoms with van der Waals surface area (Å²) >= 11 is 0. The highest BCUT2D eigenvalue weighted by atomic mass is 16.5. The fraction of sp³-hybridized carbons (Fsp3) is 0.333. The molecule has 5 amide bonds. The van der Waals surface area contributed by atoms with Crippen LogP contribution in [0.5, 0.6) is 0 Å². The molecule has 1 fully saturated rings. The number of H-pyrrole nitrogens is 1. The van der Waals surface area contributed by atoms with Crippen molar-refractivity contribution in [2.45, 2.75) is 38.6 Å². The molecule has 1 saturated heterocycles. The lowest BCUT2D eigenvalue weighted by atomic mass is 10.2. The van der Waals surface area contributed by atoms with Gasteiger partial charge in [0.1, 0.15) is 18.8 Å². The number of nitrogens with one attached hydrogen (secondary N) is 5. The Morgan fingerprint density at radius 1 is 1.07 bits per heavy atom. The maximum absolute atomic E-state index is 13.1. The predicted molar refractivity (Wildman–Crippen MR) is 146 cm³/mol. The second kappa shape index (κ2) is 12.9. The summed E-state index contributed by atoms with van der Waals surface area (Å²) in [6.07, 6.45) is -2.59. The number of anilines is 1. The van der Waals surface area contributed by atoms with Crippen LogP contribution in [0, 0.1) is 0 Å². The number of urea groups is 1. The lowest BCUT2D eigenvalue weighted by Gasteiger charge is -2.28. The molecular weight excluding hydrogens is 534 g/mol. The number of alkyl carbamates (subject to hydrolysis) is 1. The Morgan fingerprint density at radius 2 is 1.80 bits per heavy atom. The maximum Gasteiger partial charge on any atom is 0.425 e. The van der Waals surface area contributed by atoms with Gasteiger partial charge in [0.15, 0.2) is 6.54 Å². The van der Waals surface area contributed by atoms with Gasteiger partial charge in [-0.05, 0) is 24.6 Å². The van der Waals surface area contributed by atoms with Crippen LogP contribution in [0.15, 0.2) is 54.6 Å². The molecule has 41 heavy (non-hydrogen) atoms. The van der Waals surface area contributed by atoms with Crippen LogP contribution in [0.1, 0.15) is 25.3 Å². The number of amides is 5. The number of carbonyl (C=O) groups excluding carboxylic acids is 4. The zero-order valence-electron chi connectivity index (χ0n) is 22.4. The van der Waals surface area contributed by atoms with Crippen molar-refractivity contribution >= 4 is 46.9 Å². The minimum atomic E-state index is -1.34. The molecular formula is C27H32N7O7+. The van der Waals surface area contributed by atoms with Crippen molar-refractivity contribution in [3.8, 4) is 0 Å². The monoisotopic (exact) mass is 566 g/mol. The molecule has 0 bridgehead atoms. The molecule has 0 radical (unpaired) electrons. The van der Waals surface area contributed by atoms with Gasteiger partial charge in [0.2, 0.25) is 5.95 Å². The highest BCUT2D eigenvalue weighted by molar-refractivity contribution is 5.96. The summed E-state index contributed by atoms with van der Waals surface area (Å²) < 4.78 is 4.31. The van der Waals surface area contributed by atoms with E-state index in [4.69, 9.17) is 4.74 Å². The number of carboxylic acid groups (broad SMARTS) is 1. The fourth-order valence-electron chi connectivity index (χ4n) is 4.58. The van der Waals surface area contributed by atoms with E-state index >= 15 is 0 Å². The van der Waals surface area contributed by atoms with Gasteiger partial charge in [-0.2, -0.15) is 4.48 Å². The first-order valence-electron chi connectivity index (χ1n) is 13.1. The zero-order chi connectivity index (χ0) is 29.4. The summed E-state index contributed by atoms with van der Waals surface area (Å²) in [5.41, 5.74) is 2.36. The van der Waals surface area contributed by atoms with Crippen LogP contribution in [-0.4, -0.2) is 81.3 Å². The molecule has 14 nitrogen and oxygen atoms in total. The average Bonchev–Trinajstić information content (AvgIpc) is 3.44. The molecule has 14 heteroatoms. The number of quaternary nitrogens is 1. The number of carbonyl (C=O) groups is 5. The first-order valence-corrected chi connectivity index (χ1v) is 13.1. The van der Waals surface area contributed by atoms with Crippen LogP contribution in [0.4, 0.5) is 15.5 Å². The number of para-hydroxylation sites is 2. The number of imidazole rings is 1. The Kier molecular flexibility index (Phi) is 9.14. The molecule has 3 aromatic rings. The minimum Gasteiger partial charge on any atom is -0.481 e. The van der Waals surface area contributed by atoms with Gasteiger partial charge in [0, 0.05) is 13.0 Å². The van der Waals surface area contributed by atoms with E-state index in [1.54, 1.807) is 30.3 Å². The van der Waals surface area contributed by atoms with Gasteiger partial charge in [-0.1, -0.05) is 42.5 Å². The number of hydrogen-bond donors (Lipinski definition) is 6. The predicted octanol–water partition coefficient (Wildman–Crippen LogP) is 1.66. The first-order chi connectivity index (χ1) is 19.7. The smallest absolute Gasteiger partial charge is 0.425 e. The van der Waals surface area contributed by atoms with E-state index in [0.717, 1.165) is 16.6 Å². The molecule has 216 valence electrons. The molecule has 4 rings (SSSR count). The van der Waals surface area contributed by atoms with Gasteiger partial charge >= 0.3 is 24.0 Å². The summed E-state index contributed by atoms with van der Waals surface area (Å²) in [7, 11) is 0. The first kappa shape index (κ1) is 29.0. The van der Waals surface area contributed by atoms with Crippen molar-refractivity contribution < 1.29 is 38.3 Å². The Morgan fingerprint density at radius 3 is 2.49 bits per heavy atom. The van der Waals surface area contributed by atoms with Crippen molar-refractivity contribution in [3.63, 3.8) is 0 Å². The number of rotatable bonds is 13. The summed E-state index contributed by atoms with van der Waals surface area (Å²) in [5, 5.41) is 19.7.